The van der Waals surface area contributed by atoms with E-state index in [1.54, 1.807) is 98.8 Å². The van der Waals surface area contributed by atoms with Gasteiger partial charge in [0, 0.05) is 49.6 Å². The molecule has 0 spiro atoms. The number of aromatic nitrogens is 4. The SMILES string of the molecule is CC(C)(C)OC(=O)N[C@@H](C(=O)N1CCOC[C@H]1c1ncc(-c2cc(F)c(N3CCC(c4cnc([C@@H]5CCCN5C(=O)[C@H](NC(=O)OC(C)(C)C)c5ccccc5)[nH]4)CC3)c(F)c2)[nH]1)c1ccccc1. The van der Waals surface area contributed by atoms with Gasteiger partial charge in [-0.1, -0.05) is 60.7 Å². The standard InChI is InChI=1S/C51H61F2N9O7/c1-50(2,3)68-48(65)58-41(32-14-9-7-10-15-32)46(63)61-21-13-18-39(61)44-54-28-37(56-44)31-19-22-60(23-20-31)43-35(52)26-34(27-36(43)53)38-29-55-45(57-38)40-30-67-25-24-62(40)47(64)42(33-16-11-8-12-17-33)59-49(66)69-51(4,5)6/h7-12,14-17,26-29,31,39-42H,13,18-25,30H2,1-6H3,(H,54,56)(H,55,57)(H,58,65)(H,59,66)/t39-,40-,41+,42+/m0/s1. The highest BCUT2D eigenvalue weighted by Gasteiger charge is 2.39. The number of morpholine rings is 1. The van der Waals surface area contributed by atoms with Crippen LogP contribution in [0.15, 0.2) is 85.2 Å². The number of imidazole rings is 2. The third-order valence-electron chi connectivity index (χ3n) is 12.5. The lowest BCUT2D eigenvalue weighted by Crippen LogP contribution is -2.49. The molecule has 3 saturated heterocycles. The van der Waals surface area contributed by atoms with E-state index in [4.69, 9.17) is 19.2 Å². The van der Waals surface area contributed by atoms with Crippen molar-refractivity contribution in [2.24, 2.45) is 0 Å². The van der Waals surface area contributed by atoms with E-state index in [9.17, 15) is 19.2 Å². The number of amides is 4. The van der Waals surface area contributed by atoms with E-state index >= 15 is 8.78 Å². The fraction of sp³-hybridized carbons (Fsp3) is 0.451. The quantitative estimate of drug-likeness (QED) is 0.1000. The molecule has 18 heteroatoms. The molecule has 3 aliphatic heterocycles. The molecule has 4 amide bonds. The fourth-order valence-electron chi connectivity index (χ4n) is 9.28. The third kappa shape index (κ3) is 11.6. The van der Waals surface area contributed by atoms with Gasteiger partial charge in [0.25, 0.3) is 11.8 Å². The van der Waals surface area contributed by atoms with Crippen molar-refractivity contribution in [1.82, 2.24) is 40.4 Å². The molecule has 3 aromatic carbocycles. The lowest BCUT2D eigenvalue weighted by molar-refractivity contribution is -0.143. The average Bonchev–Trinajstić information content (AvgIpc) is 4.12. The van der Waals surface area contributed by atoms with Crippen LogP contribution >= 0.6 is 0 Å². The Morgan fingerprint density at radius 2 is 1.22 bits per heavy atom. The number of nitrogens with zero attached hydrogens (tertiary/aromatic N) is 5. The normalized spacial score (nSPS) is 18.9. The van der Waals surface area contributed by atoms with Crippen molar-refractivity contribution in [3.63, 3.8) is 0 Å². The summed E-state index contributed by atoms with van der Waals surface area (Å²) < 4.78 is 48.9. The minimum absolute atomic E-state index is 0.0408. The number of rotatable bonds is 11. The second-order valence-corrected chi connectivity index (χ2v) is 19.7. The lowest BCUT2D eigenvalue weighted by atomic mass is 9.93. The molecule has 8 rings (SSSR count). The van der Waals surface area contributed by atoms with Gasteiger partial charge in [-0.05, 0) is 90.5 Å². The number of hydrogen-bond donors (Lipinski definition) is 4. The summed E-state index contributed by atoms with van der Waals surface area (Å²) in [4.78, 5) is 75.3. The number of likely N-dealkylation sites (tertiary alicyclic amines) is 1. The van der Waals surface area contributed by atoms with Gasteiger partial charge in [-0.25, -0.2) is 28.3 Å². The number of aromatic amines is 2. The molecular formula is C51H61F2N9O7. The topological polar surface area (TPSA) is 187 Å². The van der Waals surface area contributed by atoms with Crippen LogP contribution in [-0.2, 0) is 23.8 Å². The van der Waals surface area contributed by atoms with Crippen LogP contribution in [0.5, 0.6) is 0 Å². The summed E-state index contributed by atoms with van der Waals surface area (Å²) in [6, 6.07) is 17.5. The van der Waals surface area contributed by atoms with Gasteiger partial charge in [0.05, 0.1) is 31.1 Å². The zero-order valence-electron chi connectivity index (χ0n) is 39.9. The monoisotopic (exact) mass is 949 g/mol. The molecule has 0 aliphatic carbocycles. The molecule has 5 aromatic rings. The van der Waals surface area contributed by atoms with Crippen molar-refractivity contribution in [3.8, 4) is 11.3 Å². The number of benzene rings is 3. The first-order valence-electron chi connectivity index (χ1n) is 23.5. The number of alkyl carbamates (subject to hydrolysis) is 2. The highest BCUT2D eigenvalue weighted by atomic mass is 19.1. The van der Waals surface area contributed by atoms with Crippen LogP contribution in [0.2, 0.25) is 0 Å². The number of hydrogen-bond acceptors (Lipinski definition) is 10. The van der Waals surface area contributed by atoms with Crippen LogP contribution in [0.25, 0.3) is 11.3 Å². The Labute approximate surface area is 400 Å². The Bertz CT molecular complexity index is 2580. The highest BCUT2D eigenvalue weighted by Crippen LogP contribution is 2.38. The smallest absolute Gasteiger partial charge is 0.408 e. The summed E-state index contributed by atoms with van der Waals surface area (Å²) in [5, 5.41) is 5.53. The number of carbonyl (C=O) groups is 4. The summed E-state index contributed by atoms with van der Waals surface area (Å²) in [5.41, 5.74) is 1.05. The largest absolute Gasteiger partial charge is 0.444 e. The number of carbonyl (C=O) groups excluding carboxylic acids is 4. The molecule has 2 aromatic heterocycles. The molecule has 69 heavy (non-hydrogen) atoms. The molecule has 3 fully saturated rings. The second kappa shape index (κ2) is 20.4. The van der Waals surface area contributed by atoms with E-state index in [1.165, 1.54) is 18.3 Å². The highest BCUT2D eigenvalue weighted by molar-refractivity contribution is 5.88. The van der Waals surface area contributed by atoms with Crippen LogP contribution in [0.1, 0.15) is 126 Å². The first-order valence-corrected chi connectivity index (χ1v) is 23.5. The fourth-order valence-corrected chi connectivity index (χ4v) is 9.28. The summed E-state index contributed by atoms with van der Waals surface area (Å²) >= 11 is 0. The van der Waals surface area contributed by atoms with Crippen LogP contribution in [0.3, 0.4) is 0 Å². The molecule has 5 heterocycles. The summed E-state index contributed by atoms with van der Waals surface area (Å²) in [6.07, 6.45) is 4.49. The number of nitrogens with one attached hydrogen (secondary N) is 4. The van der Waals surface area contributed by atoms with E-state index in [1.807, 2.05) is 24.3 Å². The van der Waals surface area contributed by atoms with Crippen molar-refractivity contribution in [3.05, 3.63) is 125 Å². The van der Waals surface area contributed by atoms with Crippen LogP contribution < -0.4 is 15.5 Å². The van der Waals surface area contributed by atoms with Crippen molar-refractivity contribution in [2.45, 2.75) is 109 Å². The summed E-state index contributed by atoms with van der Waals surface area (Å²) in [6.45, 7) is 12.4. The van der Waals surface area contributed by atoms with E-state index in [-0.39, 0.29) is 48.9 Å². The Balaban J connectivity index is 0.917. The van der Waals surface area contributed by atoms with E-state index in [2.05, 4.69) is 25.6 Å². The third-order valence-corrected chi connectivity index (χ3v) is 12.5. The molecule has 366 valence electrons. The first kappa shape index (κ1) is 48.6. The van der Waals surface area contributed by atoms with Gasteiger partial charge < -0.3 is 49.5 Å². The van der Waals surface area contributed by atoms with Crippen LogP contribution in [-0.4, -0.2) is 104 Å². The molecule has 0 saturated carbocycles. The molecule has 16 nitrogen and oxygen atoms in total. The summed E-state index contributed by atoms with van der Waals surface area (Å²) in [5.74, 6) is -1.05. The Kier molecular flexibility index (Phi) is 14.4. The molecule has 0 unspecified atom stereocenters. The van der Waals surface area contributed by atoms with Crippen molar-refractivity contribution in [2.75, 3.05) is 44.3 Å². The molecular weight excluding hydrogens is 889 g/mol. The maximum Gasteiger partial charge on any atom is 0.408 e. The van der Waals surface area contributed by atoms with E-state index in [0.29, 0.717) is 67.4 Å². The molecule has 0 bridgehead atoms. The lowest BCUT2D eigenvalue weighted by Gasteiger charge is -2.37. The zero-order valence-corrected chi connectivity index (χ0v) is 39.9. The van der Waals surface area contributed by atoms with Gasteiger partial charge in [-0.3, -0.25) is 9.59 Å². The van der Waals surface area contributed by atoms with Crippen molar-refractivity contribution in [1.29, 1.82) is 0 Å². The number of piperidine rings is 1. The van der Waals surface area contributed by atoms with Crippen molar-refractivity contribution < 1.29 is 42.2 Å². The number of anilines is 1. The molecule has 0 radical (unpaired) electrons. The van der Waals surface area contributed by atoms with Crippen LogP contribution in [0, 0.1) is 11.6 Å². The zero-order chi connectivity index (χ0) is 49.0. The van der Waals surface area contributed by atoms with Gasteiger partial charge in [0.15, 0.2) is 0 Å². The Morgan fingerprint density at radius 1 is 0.696 bits per heavy atom. The minimum atomic E-state index is -1.06. The molecule has 3 aliphatic rings. The Morgan fingerprint density at radius 3 is 1.77 bits per heavy atom. The summed E-state index contributed by atoms with van der Waals surface area (Å²) in [7, 11) is 0. The predicted molar refractivity (Wildman–Crippen MR) is 253 cm³/mol. The average molecular weight is 950 g/mol. The van der Waals surface area contributed by atoms with Gasteiger partial charge in [-0.2, -0.15) is 0 Å². The van der Waals surface area contributed by atoms with Gasteiger partial charge in [0.1, 0.15) is 58.3 Å². The first-order chi connectivity index (χ1) is 32.9. The maximum atomic E-state index is 16.1. The Hall–Kier alpha value is -6.82. The van der Waals surface area contributed by atoms with Crippen molar-refractivity contribution >= 4 is 29.7 Å². The maximum absolute atomic E-state index is 16.1. The van der Waals surface area contributed by atoms with E-state index in [0.717, 1.165) is 12.1 Å². The molecule has 4 N–H and O–H groups in total. The number of ether oxygens (including phenoxy) is 3. The number of H-pyrrole nitrogens is 2. The van der Waals surface area contributed by atoms with Gasteiger partial charge in [0.2, 0.25) is 0 Å². The minimum Gasteiger partial charge on any atom is -0.444 e. The van der Waals surface area contributed by atoms with E-state index < -0.39 is 59.1 Å². The van der Waals surface area contributed by atoms with Gasteiger partial charge >= 0.3 is 12.2 Å². The molecule has 4 atom stereocenters. The second-order valence-electron chi connectivity index (χ2n) is 19.7. The van der Waals surface area contributed by atoms with Crippen LogP contribution in [0.4, 0.5) is 24.1 Å². The predicted octanol–water partition coefficient (Wildman–Crippen LogP) is 8.56. The number of halogens is 2. The van der Waals surface area contributed by atoms with Gasteiger partial charge in [-0.15, -0.1) is 0 Å².